The first-order valence-electron chi connectivity index (χ1n) is 12.4. The number of pyridine rings is 1. The summed E-state index contributed by atoms with van der Waals surface area (Å²) in [5.41, 5.74) is 10.6. The molecule has 36 heavy (non-hydrogen) atoms. The second kappa shape index (κ2) is 11.3. The van der Waals surface area contributed by atoms with Gasteiger partial charge in [-0.25, -0.2) is 14.8 Å². The van der Waals surface area contributed by atoms with E-state index in [0.29, 0.717) is 36.9 Å². The van der Waals surface area contributed by atoms with Crippen LogP contribution >= 0.6 is 0 Å². The normalized spacial score (nSPS) is 14.8. The lowest BCUT2D eigenvalue weighted by atomic mass is 10.00. The van der Waals surface area contributed by atoms with E-state index in [0.717, 1.165) is 47.4 Å². The molecule has 0 amide bonds. The minimum Gasteiger partial charge on any atom is -0.463 e. The summed E-state index contributed by atoms with van der Waals surface area (Å²) in [6, 6.07) is 8.34. The number of esters is 1. The van der Waals surface area contributed by atoms with E-state index in [1.165, 1.54) is 6.08 Å². The Bertz CT molecular complexity index is 1270. The van der Waals surface area contributed by atoms with Crippen LogP contribution in [0.25, 0.3) is 17.0 Å². The van der Waals surface area contributed by atoms with Crippen molar-refractivity contribution in [1.82, 2.24) is 15.0 Å². The molecule has 3 N–H and O–H groups in total. The summed E-state index contributed by atoms with van der Waals surface area (Å²) in [6.07, 6.45) is 3.84. The average Bonchev–Trinajstić information content (AvgIpc) is 2.87. The number of ether oxygens (including phenoxy) is 2. The average molecular weight is 491 g/mol. The number of hydrogen-bond acceptors (Lipinski definition) is 9. The Balaban J connectivity index is 1.78. The molecule has 9 nitrogen and oxygen atoms in total. The van der Waals surface area contributed by atoms with Crippen molar-refractivity contribution in [2.75, 3.05) is 48.9 Å². The van der Waals surface area contributed by atoms with Crippen molar-refractivity contribution in [2.45, 2.75) is 40.2 Å². The molecule has 0 aliphatic carbocycles. The van der Waals surface area contributed by atoms with E-state index < -0.39 is 5.97 Å². The summed E-state index contributed by atoms with van der Waals surface area (Å²) >= 11 is 0. The molecule has 0 saturated carbocycles. The number of hydrogen-bond donors (Lipinski definition) is 2. The van der Waals surface area contributed by atoms with Crippen LogP contribution < -0.4 is 16.0 Å². The summed E-state index contributed by atoms with van der Waals surface area (Å²) in [5, 5.41) is 4.66. The number of nitrogens with one attached hydrogen (secondary N) is 1. The van der Waals surface area contributed by atoms with Crippen LogP contribution in [0, 0.1) is 13.8 Å². The number of rotatable bonds is 8. The van der Waals surface area contributed by atoms with Crippen LogP contribution in [0.15, 0.2) is 30.3 Å². The minimum atomic E-state index is -0.421. The lowest BCUT2D eigenvalue weighted by Gasteiger charge is -2.32. The number of aryl methyl sites for hydroxylation is 2. The fourth-order valence-electron chi connectivity index (χ4n) is 4.46. The Hall–Kier alpha value is -3.72. The van der Waals surface area contributed by atoms with E-state index in [1.807, 2.05) is 6.92 Å². The molecule has 1 fully saturated rings. The predicted molar refractivity (Wildman–Crippen MR) is 143 cm³/mol. The number of para-hydroxylation sites is 1. The highest BCUT2D eigenvalue weighted by Crippen LogP contribution is 2.34. The van der Waals surface area contributed by atoms with Crippen LogP contribution in [0.4, 0.5) is 17.6 Å². The Kier molecular flexibility index (Phi) is 8.00. The van der Waals surface area contributed by atoms with Crippen molar-refractivity contribution in [2.24, 2.45) is 0 Å². The van der Waals surface area contributed by atoms with Crippen molar-refractivity contribution in [1.29, 1.82) is 0 Å². The van der Waals surface area contributed by atoms with Crippen LogP contribution in [0.3, 0.4) is 0 Å². The molecule has 1 aromatic carbocycles. The number of aromatic nitrogens is 3. The highest BCUT2D eigenvalue weighted by molar-refractivity contribution is 5.89. The lowest BCUT2D eigenvalue weighted by molar-refractivity contribution is -0.137. The molecule has 3 heterocycles. The van der Waals surface area contributed by atoms with Gasteiger partial charge in [-0.15, -0.1) is 0 Å². The zero-order chi connectivity index (χ0) is 25.7. The maximum atomic E-state index is 12.0. The zero-order valence-corrected chi connectivity index (χ0v) is 21.4. The smallest absolute Gasteiger partial charge is 0.330 e. The molecule has 4 rings (SSSR count). The number of morpholine rings is 1. The van der Waals surface area contributed by atoms with E-state index in [4.69, 9.17) is 20.2 Å². The van der Waals surface area contributed by atoms with Gasteiger partial charge < -0.3 is 25.4 Å². The highest BCUT2D eigenvalue weighted by atomic mass is 16.5. The van der Waals surface area contributed by atoms with Gasteiger partial charge in [-0.1, -0.05) is 25.1 Å². The first kappa shape index (κ1) is 25.4. The highest BCUT2D eigenvalue weighted by Gasteiger charge is 2.24. The largest absolute Gasteiger partial charge is 0.463 e. The van der Waals surface area contributed by atoms with E-state index in [1.54, 1.807) is 13.0 Å². The molecule has 0 bridgehead atoms. The van der Waals surface area contributed by atoms with Gasteiger partial charge >= 0.3 is 5.97 Å². The number of carbonyl (C=O) groups excluding carboxylic acids is 1. The molecule has 0 spiro atoms. The maximum Gasteiger partial charge on any atom is 0.330 e. The third-order valence-corrected chi connectivity index (χ3v) is 6.29. The maximum absolute atomic E-state index is 12.0. The summed E-state index contributed by atoms with van der Waals surface area (Å²) in [5.74, 6) is 1.25. The third kappa shape index (κ3) is 5.57. The van der Waals surface area contributed by atoms with E-state index >= 15 is 0 Å². The van der Waals surface area contributed by atoms with Gasteiger partial charge in [0.05, 0.1) is 37.1 Å². The van der Waals surface area contributed by atoms with Crippen molar-refractivity contribution in [3.8, 4) is 0 Å². The van der Waals surface area contributed by atoms with Gasteiger partial charge in [0.25, 0.3) is 0 Å². The zero-order valence-electron chi connectivity index (χ0n) is 21.4. The number of nitrogen functional groups attached to an aromatic ring is 1. The first-order valence-corrected chi connectivity index (χ1v) is 12.4. The number of anilines is 3. The van der Waals surface area contributed by atoms with E-state index in [2.05, 4.69) is 58.3 Å². The van der Waals surface area contributed by atoms with Gasteiger partial charge in [-0.05, 0) is 44.9 Å². The standard InChI is InChI=1S/C27H34N6O3/c1-5-22(30-25-20(10-11-23(34)36-6-2)18(4)29-27(28)32-25)21-16-19-9-7-8-17(3)24(19)31-26(21)33-12-14-35-15-13-33/h7-11,16,22H,5-6,12-15H2,1-4H3,(H3,28,29,30,32)/b11-10+. The second-order valence-corrected chi connectivity index (χ2v) is 8.77. The molecule has 9 heteroatoms. The van der Waals surface area contributed by atoms with Crippen LogP contribution in [-0.2, 0) is 14.3 Å². The van der Waals surface area contributed by atoms with Gasteiger partial charge in [0, 0.05) is 35.7 Å². The molecule has 2 aromatic heterocycles. The number of fused-ring (bicyclic) bond motifs is 1. The molecule has 3 aromatic rings. The molecule has 1 aliphatic rings. The van der Waals surface area contributed by atoms with Crippen molar-refractivity contribution in [3.05, 3.63) is 52.7 Å². The van der Waals surface area contributed by atoms with Crippen LogP contribution in [0.1, 0.15) is 48.7 Å². The first-order chi connectivity index (χ1) is 17.4. The topological polar surface area (TPSA) is 115 Å². The van der Waals surface area contributed by atoms with Gasteiger partial charge in [0.15, 0.2) is 0 Å². The number of benzene rings is 1. The molecule has 1 atom stereocenters. The van der Waals surface area contributed by atoms with Crippen LogP contribution in [-0.4, -0.2) is 53.8 Å². The summed E-state index contributed by atoms with van der Waals surface area (Å²) < 4.78 is 10.6. The van der Waals surface area contributed by atoms with Gasteiger partial charge in [0.2, 0.25) is 5.95 Å². The minimum absolute atomic E-state index is 0.108. The quantitative estimate of drug-likeness (QED) is 0.354. The number of carbonyl (C=O) groups is 1. The van der Waals surface area contributed by atoms with Crippen molar-refractivity contribution >= 4 is 40.5 Å². The summed E-state index contributed by atoms with van der Waals surface area (Å²) in [4.78, 5) is 28.2. The Morgan fingerprint density at radius 2 is 2.00 bits per heavy atom. The van der Waals surface area contributed by atoms with Crippen molar-refractivity contribution < 1.29 is 14.3 Å². The molecule has 0 radical (unpaired) electrons. The molecule has 1 unspecified atom stereocenters. The Labute approximate surface area is 211 Å². The van der Waals surface area contributed by atoms with E-state index in [9.17, 15) is 4.79 Å². The second-order valence-electron chi connectivity index (χ2n) is 8.77. The molecular formula is C27H34N6O3. The molecule has 1 saturated heterocycles. The van der Waals surface area contributed by atoms with Gasteiger partial charge in [-0.3, -0.25) is 0 Å². The lowest BCUT2D eigenvalue weighted by Crippen LogP contribution is -2.38. The Morgan fingerprint density at radius 1 is 1.22 bits per heavy atom. The fraction of sp³-hybridized carbons (Fsp3) is 0.407. The summed E-state index contributed by atoms with van der Waals surface area (Å²) in [6.45, 7) is 11.0. The molecule has 1 aliphatic heterocycles. The SMILES string of the molecule is CCOC(=O)/C=C/c1c(C)nc(N)nc1NC(CC)c1cc2cccc(C)c2nc1N1CCOCC1. The van der Waals surface area contributed by atoms with Gasteiger partial charge in [0.1, 0.15) is 11.6 Å². The van der Waals surface area contributed by atoms with Crippen LogP contribution in [0.2, 0.25) is 0 Å². The van der Waals surface area contributed by atoms with Crippen LogP contribution in [0.5, 0.6) is 0 Å². The van der Waals surface area contributed by atoms with E-state index in [-0.39, 0.29) is 12.0 Å². The predicted octanol–water partition coefficient (Wildman–Crippen LogP) is 4.20. The Morgan fingerprint density at radius 3 is 2.72 bits per heavy atom. The third-order valence-electron chi connectivity index (χ3n) is 6.29. The monoisotopic (exact) mass is 490 g/mol. The van der Waals surface area contributed by atoms with Crippen molar-refractivity contribution in [3.63, 3.8) is 0 Å². The molecule has 190 valence electrons. The number of nitrogens with zero attached hydrogens (tertiary/aromatic N) is 4. The summed E-state index contributed by atoms with van der Waals surface area (Å²) in [7, 11) is 0. The fourth-order valence-corrected chi connectivity index (χ4v) is 4.46. The number of nitrogens with two attached hydrogens (primary N) is 1. The molecular weight excluding hydrogens is 456 g/mol. The van der Waals surface area contributed by atoms with Gasteiger partial charge in [-0.2, -0.15) is 4.98 Å².